The Kier molecular flexibility index (Phi) is 5.63. The van der Waals surface area contributed by atoms with Gasteiger partial charge in [-0.05, 0) is 51.2 Å². The van der Waals surface area contributed by atoms with Gasteiger partial charge in [-0.25, -0.2) is 4.79 Å². The minimum atomic E-state index is -0.363. The van der Waals surface area contributed by atoms with Gasteiger partial charge in [-0.1, -0.05) is 11.6 Å². The number of ether oxygens (including phenoxy) is 1. The zero-order chi connectivity index (χ0) is 19.6. The Balaban J connectivity index is 2.13. The van der Waals surface area contributed by atoms with Gasteiger partial charge < -0.3 is 15.4 Å². The van der Waals surface area contributed by atoms with Crippen LogP contribution in [0.15, 0.2) is 18.3 Å². The molecule has 6 heteroatoms. The van der Waals surface area contributed by atoms with Gasteiger partial charge in [0.2, 0.25) is 5.91 Å². The lowest BCUT2D eigenvalue weighted by atomic mass is 9.93. The van der Waals surface area contributed by atoms with Crippen LogP contribution < -0.4 is 10.6 Å². The molecule has 3 rings (SSSR count). The van der Waals surface area contributed by atoms with Gasteiger partial charge in [0.25, 0.3) is 0 Å². The number of nitrogens with two attached hydrogens (primary N) is 1. The Hall–Kier alpha value is -2.63. The van der Waals surface area contributed by atoms with Crippen molar-refractivity contribution >= 4 is 28.5 Å². The molecule has 0 radical (unpaired) electrons. The fraction of sp³-hybridized carbons (Fsp3) is 0.476. The van der Waals surface area contributed by atoms with Gasteiger partial charge >= 0.3 is 5.97 Å². The number of anilines is 1. The highest BCUT2D eigenvalue weighted by molar-refractivity contribution is 6.06. The van der Waals surface area contributed by atoms with E-state index in [0.29, 0.717) is 25.1 Å². The van der Waals surface area contributed by atoms with E-state index in [4.69, 9.17) is 10.5 Å². The predicted molar refractivity (Wildman–Crippen MR) is 106 cm³/mol. The van der Waals surface area contributed by atoms with Crippen molar-refractivity contribution in [3.63, 3.8) is 0 Å². The van der Waals surface area contributed by atoms with E-state index in [1.165, 1.54) is 0 Å². The van der Waals surface area contributed by atoms with Crippen LogP contribution >= 0.6 is 0 Å². The van der Waals surface area contributed by atoms with Crippen LogP contribution in [0.2, 0.25) is 0 Å². The summed E-state index contributed by atoms with van der Waals surface area (Å²) in [7, 11) is 0. The highest BCUT2D eigenvalue weighted by Gasteiger charge is 2.27. The van der Waals surface area contributed by atoms with Crippen LogP contribution in [-0.4, -0.2) is 36.6 Å². The summed E-state index contributed by atoms with van der Waals surface area (Å²) in [6, 6.07) is 4.17. The van der Waals surface area contributed by atoms with Crippen molar-refractivity contribution in [1.82, 2.24) is 4.98 Å². The molecule has 144 valence electrons. The van der Waals surface area contributed by atoms with Gasteiger partial charge in [0, 0.05) is 31.1 Å². The second-order valence-electron chi connectivity index (χ2n) is 7.34. The van der Waals surface area contributed by atoms with Crippen LogP contribution in [0.1, 0.15) is 47.7 Å². The molecule has 0 saturated carbocycles. The molecular formula is C21H27N3O3. The topological polar surface area (TPSA) is 85.5 Å². The maximum absolute atomic E-state index is 12.6. The third kappa shape index (κ3) is 4.04. The highest BCUT2D eigenvalue weighted by Crippen LogP contribution is 2.35. The van der Waals surface area contributed by atoms with Crippen molar-refractivity contribution in [1.29, 1.82) is 0 Å². The molecule has 1 aromatic heterocycles. The number of esters is 1. The summed E-state index contributed by atoms with van der Waals surface area (Å²) >= 11 is 0. The number of fused-ring (bicyclic) bond motifs is 1. The average Bonchev–Trinajstić information content (AvgIpc) is 2.60. The van der Waals surface area contributed by atoms with Gasteiger partial charge in [-0.3, -0.25) is 9.78 Å². The molecule has 1 fully saturated rings. The van der Waals surface area contributed by atoms with Crippen molar-refractivity contribution in [2.75, 3.05) is 24.6 Å². The minimum Gasteiger partial charge on any atom is -0.462 e. The maximum Gasteiger partial charge on any atom is 0.341 e. The van der Waals surface area contributed by atoms with Gasteiger partial charge in [0.05, 0.1) is 17.8 Å². The molecule has 6 nitrogen and oxygen atoms in total. The number of carbonyl (C=O) groups is 2. The van der Waals surface area contributed by atoms with Crippen molar-refractivity contribution in [2.45, 2.75) is 40.0 Å². The number of pyridine rings is 1. The number of hydrogen-bond donors (Lipinski definition) is 1. The number of piperidine rings is 1. The Morgan fingerprint density at radius 1 is 1.33 bits per heavy atom. The molecule has 1 amide bonds. The number of nitrogens with zero attached hydrogens (tertiary/aromatic N) is 2. The van der Waals surface area contributed by atoms with Crippen LogP contribution in [0.5, 0.6) is 0 Å². The molecule has 1 saturated heterocycles. The van der Waals surface area contributed by atoms with Crippen molar-refractivity contribution in [2.24, 2.45) is 11.7 Å². The Morgan fingerprint density at radius 3 is 2.81 bits per heavy atom. The van der Waals surface area contributed by atoms with Gasteiger partial charge in [0.1, 0.15) is 5.56 Å². The Labute approximate surface area is 159 Å². The van der Waals surface area contributed by atoms with Crippen LogP contribution in [0.3, 0.4) is 0 Å². The highest BCUT2D eigenvalue weighted by atomic mass is 16.5. The van der Waals surface area contributed by atoms with Crippen LogP contribution in [-0.2, 0) is 9.53 Å². The van der Waals surface area contributed by atoms with Crippen molar-refractivity contribution in [3.05, 3.63) is 35.0 Å². The number of aromatic nitrogens is 1. The second kappa shape index (κ2) is 7.94. The summed E-state index contributed by atoms with van der Waals surface area (Å²) in [5, 5.41) is 0.956. The molecule has 2 heterocycles. The minimum absolute atomic E-state index is 0.195. The summed E-state index contributed by atoms with van der Waals surface area (Å²) in [6.45, 7) is 7.70. The third-order valence-corrected chi connectivity index (χ3v) is 5.10. The summed E-state index contributed by atoms with van der Waals surface area (Å²) in [5.41, 5.74) is 9.84. The third-order valence-electron chi connectivity index (χ3n) is 5.10. The van der Waals surface area contributed by atoms with Crippen molar-refractivity contribution < 1.29 is 14.3 Å². The predicted octanol–water partition coefficient (Wildman–Crippen LogP) is 3.12. The first kappa shape index (κ1) is 19.1. The van der Waals surface area contributed by atoms with Crippen LogP contribution in [0, 0.1) is 19.8 Å². The van der Waals surface area contributed by atoms with E-state index < -0.39 is 0 Å². The van der Waals surface area contributed by atoms with E-state index in [1.54, 1.807) is 13.1 Å². The summed E-state index contributed by atoms with van der Waals surface area (Å²) < 4.78 is 5.28. The standard InChI is InChI=1S/C21H27N3O3/c1-4-27-21(26)17-11-23-19-14(3)8-13(2)9-16(19)20(17)24-7-5-6-15(12-24)10-18(22)25/h8-9,11,15H,4-7,10,12H2,1-3H3,(H2,22,25). The Morgan fingerprint density at radius 2 is 2.11 bits per heavy atom. The van der Waals surface area contributed by atoms with E-state index in [-0.39, 0.29) is 17.8 Å². The number of benzene rings is 1. The quantitative estimate of drug-likeness (QED) is 0.819. The fourth-order valence-electron chi connectivity index (χ4n) is 4.07. The van der Waals surface area contributed by atoms with Gasteiger partial charge in [-0.2, -0.15) is 0 Å². The van der Waals surface area contributed by atoms with E-state index in [2.05, 4.69) is 22.0 Å². The molecule has 1 unspecified atom stereocenters. The molecule has 1 atom stereocenters. The normalized spacial score (nSPS) is 17.1. The number of aryl methyl sites for hydroxylation is 2. The molecule has 2 aromatic rings. The number of carbonyl (C=O) groups excluding carboxylic acids is 2. The number of rotatable bonds is 5. The zero-order valence-corrected chi connectivity index (χ0v) is 16.2. The van der Waals surface area contributed by atoms with Gasteiger partial charge in [0.15, 0.2) is 0 Å². The van der Waals surface area contributed by atoms with Crippen LogP contribution in [0.25, 0.3) is 10.9 Å². The molecule has 0 spiro atoms. The molecule has 1 aliphatic rings. The number of amides is 1. The molecule has 0 aliphatic carbocycles. The summed E-state index contributed by atoms with van der Waals surface area (Å²) in [6.07, 6.45) is 3.91. The van der Waals surface area contributed by atoms with E-state index in [0.717, 1.165) is 47.1 Å². The van der Waals surface area contributed by atoms with E-state index in [1.807, 2.05) is 13.8 Å². The zero-order valence-electron chi connectivity index (χ0n) is 16.2. The first-order valence-corrected chi connectivity index (χ1v) is 9.51. The molecule has 2 N–H and O–H groups in total. The molecule has 1 aliphatic heterocycles. The monoisotopic (exact) mass is 369 g/mol. The second-order valence-corrected chi connectivity index (χ2v) is 7.34. The fourth-order valence-corrected chi connectivity index (χ4v) is 4.07. The van der Waals surface area contributed by atoms with Crippen LogP contribution in [0.4, 0.5) is 5.69 Å². The molecular weight excluding hydrogens is 342 g/mol. The first-order valence-electron chi connectivity index (χ1n) is 9.51. The smallest absolute Gasteiger partial charge is 0.341 e. The average molecular weight is 369 g/mol. The Bertz CT molecular complexity index is 879. The first-order chi connectivity index (χ1) is 12.9. The lowest BCUT2D eigenvalue weighted by molar-refractivity contribution is -0.118. The molecule has 1 aromatic carbocycles. The van der Waals surface area contributed by atoms with E-state index in [9.17, 15) is 9.59 Å². The van der Waals surface area contributed by atoms with E-state index >= 15 is 0 Å². The number of hydrogen-bond acceptors (Lipinski definition) is 5. The number of primary amides is 1. The molecule has 0 bridgehead atoms. The molecule has 27 heavy (non-hydrogen) atoms. The maximum atomic E-state index is 12.6. The summed E-state index contributed by atoms with van der Waals surface area (Å²) in [4.78, 5) is 30.8. The lowest BCUT2D eigenvalue weighted by Gasteiger charge is -2.35. The largest absolute Gasteiger partial charge is 0.462 e. The SMILES string of the molecule is CCOC(=O)c1cnc2c(C)cc(C)cc2c1N1CCCC(CC(N)=O)C1. The summed E-state index contributed by atoms with van der Waals surface area (Å²) in [5.74, 6) is -0.447. The van der Waals surface area contributed by atoms with Gasteiger partial charge in [-0.15, -0.1) is 0 Å². The van der Waals surface area contributed by atoms with Crippen molar-refractivity contribution in [3.8, 4) is 0 Å². The lowest BCUT2D eigenvalue weighted by Crippen LogP contribution is -2.38.